The van der Waals surface area contributed by atoms with Crippen LogP contribution in [0.2, 0.25) is 0 Å². The highest BCUT2D eigenvalue weighted by atomic mass is 127. The number of nitrogens with one attached hydrogen (secondary N) is 2. The maximum atomic E-state index is 4.39. The minimum Gasteiger partial charge on any atom is -0.356 e. The molecule has 0 spiro atoms. The molecule has 0 aromatic rings. The van der Waals surface area contributed by atoms with Gasteiger partial charge in [-0.15, -0.1) is 24.0 Å². The molecule has 1 atom stereocenters. The Morgan fingerprint density at radius 3 is 2.35 bits per heavy atom. The first-order valence-electron chi connectivity index (χ1n) is 10.2. The van der Waals surface area contributed by atoms with Gasteiger partial charge in [-0.2, -0.15) is 0 Å². The minimum atomic E-state index is 0. The van der Waals surface area contributed by atoms with Crippen LogP contribution in [0.1, 0.15) is 53.4 Å². The van der Waals surface area contributed by atoms with Crippen LogP contribution in [0.15, 0.2) is 4.99 Å². The van der Waals surface area contributed by atoms with Gasteiger partial charge in [-0.1, -0.05) is 47.0 Å². The van der Waals surface area contributed by atoms with Crippen molar-refractivity contribution in [3.63, 3.8) is 0 Å². The molecule has 6 heteroatoms. The van der Waals surface area contributed by atoms with Crippen molar-refractivity contribution in [2.24, 2.45) is 16.3 Å². The van der Waals surface area contributed by atoms with E-state index in [1.54, 1.807) is 0 Å². The fourth-order valence-corrected chi connectivity index (χ4v) is 3.29. The maximum Gasteiger partial charge on any atom is 0.191 e. The predicted molar refractivity (Wildman–Crippen MR) is 126 cm³/mol. The van der Waals surface area contributed by atoms with Gasteiger partial charge in [0.25, 0.3) is 0 Å². The summed E-state index contributed by atoms with van der Waals surface area (Å²) >= 11 is 0. The second-order valence-electron chi connectivity index (χ2n) is 8.64. The Morgan fingerprint density at radius 1 is 1.12 bits per heavy atom. The van der Waals surface area contributed by atoms with E-state index < -0.39 is 0 Å². The number of nitrogens with zero attached hydrogens (tertiary/aromatic N) is 3. The highest BCUT2D eigenvalue weighted by molar-refractivity contribution is 14.0. The van der Waals surface area contributed by atoms with Crippen LogP contribution in [0, 0.1) is 11.3 Å². The number of piperazine rings is 1. The number of rotatable bonds is 10. The Labute approximate surface area is 179 Å². The van der Waals surface area contributed by atoms with Crippen molar-refractivity contribution in [3.8, 4) is 0 Å². The summed E-state index contributed by atoms with van der Waals surface area (Å²) in [4.78, 5) is 9.38. The van der Waals surface area contributed by atoms with E-state index in [1.165, 1.54) is 58.4 Å². The highest BCUT2D eigenvalue weighted by Gasteiger charge is 2.19. The van der Waals surface area contributed by atoms with E-state index in [0.29, 0.717) is 11.3 Å². The molecule has 0 aromatic heterocycles. The third kappa shape index (κ3) is 11.6. The van der Waals surface area contributed by atoms with Crippen LogP contribution < -0.4 is 10.6 Å². The second kappa shape index (κ2) is 14.0. The molecule has 0 aromatic carbocycles. The summed E-state index contributed by atoms with van der Waals surface area (Å²) in [5.41, 5.74) is 0.318. The maximum absolute atomic E-state index is 4.39. The summed E-state index contributed by atoms with van der Waals surface area (Å²) in [6.45, 7) is 17.2. The number of unbranched alkanes of at least 4 members (excludes halogenated alkanes) is 2. The van der Waals surface area contributed by atoms with Crippen LogP contribution >= 0.6 is 24.0 Å². The van der Waals surface area contributed by atoms with Crippen LogP contribution in [0.25, 0.3) is 0 Å². The smallest absolute Gasteiger partial charge is 0.191 e. The monoisotopic (exact) mass is 481 g/mol. The lowest BCUT2D eigenvalue weighted by molar-refractivity contribution is 0.139. The Balaban J connectivity index is 0.00000625. The van der Waals surface area contributed by atoms with Crippen molar-refractivity contribution in [2.45, 2.75) is 53.4 Å². The molecule has 5 nitrogen and oxygen atoms in total. The topological polar surface area (TPSA) is 42.9 Å². The van der Waals surface area contributed by atoms with E-state index in [0.717, 1.165) is 19.0 Å². The molecule has 1 saturated heterocycles. The summed E-state index contributed by atoms with van der Waals surface area (Å²) in [6.07, 6.45) is 5.21. The first kappa shape index (κ1) is 25.9. The molecule has 1 rings (SSSR count). The fraction of sp³-hybridized carbons (Fsp3) is 0.950. The highest BCUT2D eigenvalue weighted by Crippen LogP contribution is 2.22. The molecule has 1 unspecified atom stereocenters. The Bertz CT molecular complexity index is 378. The molecule has 156 valence electrons. The van der Waals surface area contributed by atoms with Crippen LogP contribution in [-0.4, -0.2) is 75.7 Å². The van der Waals surface area contributed by atoms with Gasteiger partial charge in [0.05, 0.1) is 0 Å². The van der Waals surface area contributed by atoms with E-state index in [2.05, 4.69) is 60.2 Å². The van der Waals surface area contributed by atoms with E-state index in [-0.39, 0.29) is 24.0 Å². The van der Waals surface area contributed by atoms with Gasteiger partial charge in [0.2, 0.25) is 0 Å². The Morgan fingerprint density at radius 2 is 1.77 bits per heavy atom. The van der Waals surface area contributed by atoms with Gasteiger partial charge >= 0.3 is 0 Å². The molecule has 0 bridgehead atoms. The van der Waals surface area contributed by atoms with Gasteiger partial charge in [0.1, 0.15) is 0 Å². The summed E-state index contributed by atoms with van der Waals surface area (Å²) in [7, 11) is 4.08. The average Bonchev–Trinajstić information content (AvgIpc) is 2.57. The van der Waals surface area contributed by atoms with Gasteiger partial charge < -0.3 is 20.4 Å². The molecule has 0 radical (unpaired) electrons. The van der Waals surface area contributed by atoms with Crippen molar-refractivity contribution in [2.75, 3.05) is 59.9 Å². The van der Waals surface area contributed by atoms with Gasteiger partial charge in [-0.05, 0) is 24.8 Å². The zero-order chi connectivity index (χ0) is 18.7. The van der Waals surface area contributed by atoms with Crippen molar-refractivity contribution in [1.82, 2.24) is 20.4 Å². The molecule has 26 heavy (non-hydrogen) atoms. The number of aliphatic imine (C=N–C) groups is 1. The SMILES string of the molecule is CCCCCC(C)(C)CNC(=NC)NCC(C)CN1CCN(C)CC1.I. The normalized spacial score (nSPS) is 18.3. The largest absolute Gasteiger partial charge is 0.356 e. The summed E-state index contributed by atoms with van der Waals surface area (Å²) in [6, 6.07) is 0. The zero-order valence-electron chi connectivity index (χ0n) is 18.1. The predicted octanol–water partition coefficient (Wildman–Crippen LogP) is 3.26. The number of halogens is 1. The molecule has 0 saturated carbocycles. The second-order valence-corrected chi connectivity index (χ2v) is 8.64. The first-order chi connectivity index (χ1) is 11.9. The lowest BCUT2D eigenvalue weighted by Crippen LogP contribution is -2.48. The molecule has 1 fully saturated rings. The van der Waals surface area contributed by atoms with Crippen LogP contribution in [0.4, 0.5) is 0 Å². The molecule has 1 aliphatic heterocycles. The van der Waals surface area contributed by atoms with Crippen molar-refractivity contribution < 1.29 is 0 Å². The van der Waals surface area contributed by atoms with E-state index in [9.17, 15) is 0 Å². The van der Waals surface area contributed by atoms with Crippen LogP contribution in [-0.2, 0) is 0 Å². The Hall–Kier alpha value is -0.0800. The number of likely N-dealkylation sites (N-methyl/N-ethyl adjacent to an activating group) is 1. The molecular weight excluding hydrogens is 437 g/mol. The molecule has 2 N–H and O–H groups in total. The molecular formula is C20H44IN5. The number of hydrogen-bond acceptors (Lipinski definition) is 3. The van der Waals surface area contributed by atoms with Gasteiger partial charge in [-0.3, -0.25) is 4.99 Å². The molecule has 0 amide bonds. The van der Waals surface area contributed by atoms with Crippen LogP contribution in [0.3, 0.4) is 0 Å². The van der Waals surface area contributed by atoms with E-state index >= 15 is 0 Å². The van der Waals surface area contributed by atoms with Crippen LogP contribution in [0.5, 0.6) is 0 Å². The minimum absolute atomic E-state index is 0. The van der Waals surface area contributed by atoms with Crippen molar-refractivity contribution in [3.05, 3.63) is 0 Å². The lowest BCUT2D eigenvalue weighted by Gasteiger charge is -2.34. The Kier molecular flexibility index (Phi) is 14.0. The van der Waals surface area contributed by atoms with Gasteiger partial charge in [-0.25, -0.2) is 0 Å². The van der Waals surface area contributed by atoms with Crippen molar-refractivity contribution >= 4 is 29.9 Å². The summed E-state index contributed by atoms with van der Waals surface area (Å²) in [5, 5.41) is 7.03. The third-order valence-electron chi connectivity index (χ3n) is 5.20. The lowest BCUT2D eigenvalue weighted by atomic mass is 9.87. The standard InChI is InChI=1S/C20H43N5.HI/c1-7-8-9-10-20(3,4)17-23-19(21-5)22-15-18(2)16-25-13-11-24(6)12-14-25;/h18H,7-17H2,1-6H3,(H2,21,22,23);1H. The fourth-order valence-electron chi connectivity index (χ4n) is 3.29. The summed E-state index contributed by atoms with van der Waals surface area (Å²) in [5.74, 6) is 1.56. The third-order valence-corrected chi connectivity index (χ3v) is 5.20. The summed E-state index contributed by atoms with van der Waals surface area (Å²) < 4.78 is 0. The number of hydrogen-bond donors (Lipinski definition) is 2. The number of guanidine groups is 1. The zero-order valence-corrected chi connectivity index (χ0v) is 20.4. The van der Waals surface area contributed by atoms with E-state index in [1.807, 2.05) is 7.05 Å². The van der Waals surface area contributed by atoms with E-state index in [4.69, 9.17) is 0 Å². The molecule has 1 aliphatic rings. The molecule has 1 heterocycles. The average molecular weight is 482 g/mol. The quantitative estimate of drug-likeness (QED) is 0.218. The first-order valence-corrected chi connectivity index (χ1v) is 10.2. The molecule has 0 aliphatic carbocycles. The van der Waals surface area contributed by atoms with Gasteiger partial charge in [0, 0.05) is 52.9 Å². The van der Waals surface area contributed by atoms with Crippen molar-refractivity contribution in [1.29, 1.82) is 0 Å². The van der Waals surface area contributed by atoms with Gasteiger partial charge in [0.15, 0.2) is 5.96 Å².